The average Bonchev–Trinajstić information content (AvgIpc) is 2.77. The molecule has 1 N–H and O–H groups in total. The van der Waals surface area contributed by atoms with Crippen LogP contribution in [0.1, 0.15) is 71.1 Å². The Morgan fingerprint density at radius 2 is 1.68 bits per heavy atom. The maximum Gasteiger partial charge on any atom is 0.308 e. The zero-order valence-electron chi connectivity index (χ0n) is 18.0. The van der Waals surface area contributed by atoms with Crippen LogP contribution in [0.2, 0.25) is 0 Å². The summed E-state index contributed by atoms with van der Waals surface area (Å²) in [6.07, 6.45) is 12.4. The molecule has 0 aromatic carbocycles. The molecule has 1 aliphatic carbocycles. The second-order valence-corrected chi connectivity index (χ2v) is 8.79. The number of hydrogen-bond acceptors (Lipinski definition) is 4. The van der Waals surface area contributed by atoms with Gasteiger partial charge in [0, 0.05) is 25.2 Å². The average molecular weight is 393 g/mol. The molecule has 0 spiro atoms. The summed E-state index contributed by atoms with van der Waals surface area (Å²) in [5.74, 6) is 1.02. The lowest BCUT2D eigenvalue weighted by Gasteiger charge is -2.47. The highest BCUT2D eigenvalue weighted by molar-refractivity contribution is 5.80. The molecule has 0 aromatic rings. The monoisotopic (exact) mass is 392 g/mol. The normalized spacial score (nSPS) is 24.8. The quantitative estimate of drug-likeness (QED) is 0.443. The fraction of sp³-hybridized carbons (Fsp3) is 0.909. The van der Waals surface area contributed by atoms with Gasteiger partial charge in [0.2, 0.25) is 0 Å². The van der Waals surface area contributed by atoms with Crippen molar-refractivity contribution >= 4 is 11.9 Å². The molecular formula is C22H40N4O2. The third-order valence-electron chi connectivity index (χ3n) is 7.00. The van der Waals surface area contributed by atoms with Crippen molar-refractivity contribution in [1.29, 1.82) is 0 Å². The number of nitrogens with zero attached hydrogens (tertiary/aromatic N) is 3. The number of piperidine rings is 2. The first-order valence-electron chi connectivity index (χ1n) is 11.5. The number of aliphatic imine (C=N–C) groups is 1. The minimum Gasteiger partial charge on any atom is -0.469 e. The Balaban J connectivity index is 1.67. The zero-order chi connectivity index (χ0) is 19.8. The van der Waals surface area contributed by atoms with Gasteiger partial charge in [-0.25, -0.2) is 0 Å². The Bertz CT molecular complexity index is 517. The van der Waals surface area contributed by atoms with E-state index < -0.39 is 0 Å². The topological polar surface area (TPSA) is 57.2 Å². The van der Waals surface area contributed by atoms with E-state index in [1.165, 1.54) is 71.6 Å². The first-order valence-corrected chi connectivity index (χ1v) is 11.5. The molecule has 0 bridgehead atoms. The Morgan fingerprint density at radius 1 is 1.04 bits per heavy atom. The smallest absolute Gasteiger partial charge is 0.308 e. The molecular weight excluding hydrogens is 352 g/mol. The summed E-state index contributed by atoms with van der Waals surface area (Å²) in [5.41, 5.74) is 0.268. The molecule has 2 heterocycles. The molecule has 0 atom stereocenters. The van der Waals surface area contributed by atoms with Crippen LogP contribution in [-0.4, -0.2) is 73.6 Å². The number of nitrogens with one attached hydrogen (secondary N) is 1. The highest BCUT2D eigenvalue weighted by Gasteiger charge is 2.38. The molecule has 6 heteroatoms. The van der Waals surface area contributed by atoms with Crippen molar-refractivity contribution in [3.63, 3.8) is 0 Å². The van der Waals surface area contributed by atoms with Crippen molar-refractivity contribution in [2.75, 3.05) is 46.4 Å². The van der Waals surface area contributed by atoms with E-state index in [0.717, 1.165) is 45.0 Å². The zero-order valence-corrected chi connectivity index (χ0v) is 18.0. The van der Waals surface area contributed by atoms with Gasteiger partial charge in [-0.05, 0) is 58.5 Å². The fourth-order valence-electron chi connectivity index (χ4n) is 5.29. The van der Waals surface area contributed by atoms with Crippen molar-refractivity contribution in [1.82, 2.24) is 15.1 Å². The van der Waals surface area contributed by atoms with Crippen LogP contribution in [0.5, 0.6) is 0 Å². The van der Waals surface area contributed by atoms with Crippen LogP contribution < -0.4 is 5.32 Å². The van der Waals surface area contributed by atoms with E-state index >= 15 is 0 Å². The van der Waals surface area contributed by atoms with Gasteiger partial charge in [-0.3, -0.25) is 14.7 Å². The summed E-state index contributed by atoms with van der Waals surface area (Å²) in [6, 6.07) is 0. The summed E-state index contributed by atoms with van der Waals surface area (Å²) in [5, 5.41) is 3.51. The largest absolute Gasteiger partial charge is 0.469 e. The third-order valence-corrected chi connectivity index (χ3v) is 7.00. The predicted molar refractivity (Wildman–Crippen MR) is 114 cm³/mol. The molecule has 160 valence electrons. The Morgan fingerprint density at radius 3 is 2.29 bits per heavy atom. The van der Waals surface area contributed by atoms with Crippen molar-refractivity contribution in [3.05, 3.63) is 0 Å². The van der Waals surface area contributed by atoms with Crippen molar-refractivity contribution in [2.24, 2.45) is 10.9 Å². The van der Waals surface area contributed by atoms with Crippen LogP contribution in [0.3, 0.4) is 0 Å². The molecule has 0 amide bonds. The highest BCUT2D eigenvalue weighted by Crippen LogP contribution is 2.36. The summed E-state index contributed by atoms with van der Waals surface area (Å²) in [6.45, 7) is 8.17. The number of rotatable bonds is 5. The first-order chi connectivity index (χ1) is 13.7. The van der Waals surface area contributed by atoms with E-state index in [2.05, 4.69) is 22.0 Å². The van der Waals surface area contributed by atoms with Gasteiger partial charge in [0.15, 0.2) is 5.96 Å². The van der Waals surface area contributed by atoms with Crippen molar-refractivity contribution in [2.45, 2.75) is 76.7 Å². The number of carbonyl (C=O) groups is 1. The molecule has 3 aliphatic rings. The van der Waals surface area contributed by atoms with Crippen LogP contribution in [-0.2, 0) is 9.53 Å². The van der Waals surface area contributed by atoms with Crippen LogP contribution in [0.15, 0.2) is 4.99 Å². The molecule has 6 nitrogen and oxygen atoms in total. The molecule has 0 unspecified atom stereocenters. The fourth-order valence-corrected chi connectivity index (χ4v) is 5.29. The lowest BCUT2D eigenvalue weighted by atomic mass is 9.79. The predicted octanol–water partition coefficient (Wildman–Crippen LogP) is 3.03. The second kappa shape index (κ2) is 10.5. The van der Waals surface area contributed by atoms with E-state index in [0.29, 0.717) is 0 Å². The molecule has 3 rings (SSSR count). The van der Waals surface area contributed by atoms with Crippen LogP contribution >= 0.6 is 0 Å². The molecule has 2 saturated heterocycles. The number of methoxy groups -OCH3 is 1. The highest BCUT2D eigenvalue weighted by atomic mass is 16.5. The van der Waals surface area contributed by atoms with Crippen LogP contribution in [0.4, 0.5) is 0 Å². The Hall–Kier alpha value is -1.30. The first kappa shape index (κ1) is 21.4. The summed E-state index contributed by atoms with van der Waals surface area (Å²) in [4.78, 5) is 22.1. The summed E-state index contributed by atoms with van der Waals surface area (Å²) >= 11 is 0. The van der Waals surface area contributed by atoms with Crippen LogP contribution in [0.25, 0.3) is 0 Å². The van der Waals surface area contributed by atoms with Crippen molar-refractivity contribution < 1.29 is 9.53 Å². The maximum absolute atomic E-state index is 11.8. The molecule has 28 heavy (non-hydrogen) atoms. The minimum absolute atomic E-state index is 0.0437. The SMILES string of the molecule is CCNC(=NCC1(N2CCCCC2)CCCCC1)N1CCC(C(=O)OC)CC1. The van der Waals surface area contributed by atoms with Gasteiger partial charge in [0.1, 0.15) is 0 Å². The van der Waals surface area contributed by atoms with Crippen molar-refractivity contribution in [3.8, 4) is 0 Å². The number of likely N-dealkylation sites (tertiary alicyclic amines) is 2. The number of ether oxygens (including phenoxy) is 1. The molecule has 0 aromatic heterocycles. The van der Waals surface area contributed by atoms with E-state index in [1.54, 1.807) is 0 Å². The van der Waals surface area contributed by atoms with E-state index in [9.17, 15) is 4.79 Å². The number of esters is 1. The number of guanidine groups is 1. The van der Waals surface area contributed by atoms with Gasteiger partial charge >= 0.3 is 5.97 Å². The Kier molecular flexibility index (Phi) is 8.00. The molecule has 0 radical (unpaired) electrons. The Labute approximate surface area is 171 Å². The number of hydrogen-bond donors (Lipinski definition) is 1. The van der Waals surface area contributed by atoms with Gasteiger partial charge in [-0.15, -0.1) is 0 Å². The van der Waals surface area contributed by atoms with E-state index in [-0.39, 0.29) is 17.4 Å². The molecule has 1 saturated carbocycles. The summed E-state index contributed by atoms with van der Waals surface area (Å²) < 4.78 is 4.93. The second-order valence-electron chi connectivity index (χ2n) is 8.79. The molecule has 3 fully saturated rings. The minimum atomic E-state index is -0.0622. The van der Waals surface area contributed by atoms with Crippen LogP contribution in [0, 0.1) is 5.92 Å². The number of carbonyl (C=O) groups excluding carboxylic acids is 1. The van der Waals surface area contributed by atoms with Gasteiger partial charge in [0.05, 0.1) is 19.6 Å². The van der Waals surface area contributed by atoms with Gasteiger partial charge < -0.3 is 15.0 Å². The lowest BCUT2D eigenvalue weighted by molar-refractivity contribution is -0.146. The summed E-state index contributed by atoms with van der Waals surface area (Å²) in [7, 11) is 1.49. The van der Waals surface area contributed by atoms with Gasteiger partial charge in [-0.1, -0.05) is 25.7 Å². The van der Waals surface area contributed by atoms with E-state index in [1.807, 2.05) is 0 Å². The maximum atomic E-state index is 11.8. The van der Waals surface area contributed by atoms with Gasteiger partial charge in [0.25, 0.3) is 0 Å². The van der Waals surface area contributed by atoms with Gasteiger partial charge in [-0.2, -0.15) is 0 Å². The lowest BCUT2D eigenvalue weighted by Crippen LogP contribution is -2.55. The van der Waals surface area contributed by atoms with E-state index in [4.69, 9.17) is 9.73 Å². The standard InChI is InChI=1S/C22H40N4O2/c1-3-23-21(25-16-10-19(11-17-25)20(27)28-2)24-18-22(12-6-4-7-13-22)26-14-8-5-9-15-26/h19H,3-18H2,1-2H3,(H,23,24). The third kappa shape index (κ3) is 5.19. The molecule has 2 aliphatic heterocycles.